The molecule has 2 N–H and O–H groups in total. The molecule has 0 aliphatic rings. The largest absolute Gasteiger partial charge is 0.362 e. The molecule has 0 saturated heterocycles. The topological polar surface area (TPSA) is 68.8 Å². The van der Waals surface area contributed by atoms with Gasteiger partial charge in [-0.05, 0) is 32.7 Å². The van der Waals surface area contributed by atoms with Gasteiger partial charge in [-0.2, -0.15) is 0 Å². The summed E-state index contributed by atoms with van der Waals surface area (Å²) in [5, 5.41) is 3.70. The van der Waals surface area contributed by atoms with Crippen molar-refractivity contribution in [2.75, 3.05) is 5.73 Å². The first-order valence-corrected chi connectivity index (χ1v) is 4.76. The van der Waals surface area contributed by atoms with Gasteiger partial charge in [0.15, 0.2) is 0 Å². The highest BCUT2D eigenvalue weighted by Crippen LogP contribution is 2.07. The van der Waals surface area contributed by atoms with Gasteiger partial charge in [0.2, 0.25) is 11.8 Å². The minimum Gasteiger partial charge on any atom is -0.362 e. The Morgan fingerprint density at radius 3 is 2.62 bits per heavy atom. The number of nitrogens with zero attached hydrogens (tertiary/aromatic N) is 3. The van der Waals surface area contributed by atoms with Crippen molar-refractivity contribution in [3.63, 3.8) is 0 Å². The molecular formula is C8H10BrCl2N4O+. The summed E-state index contributed by atoms with van der Waals surface area (Å²) in [6, 6.07) is 3.83. The average molecular weight is 329 g/mol. The Kier molecular flexibility index (Phi) is 6.32. The van der Waals surface area contributed by atoms with Gasteiger partial charge in [-0.3, -0.25) is 9.51 Å². The molecule has 8 heteroatoms. The van der Waals surface area contributed by atoms with Crippen molar-refractivity contribution in [1.82, 2.24) is 10.3 Å². The molecule has 88 valence electrons. The van der Waals surface area contributed by atoms with Gasteiger partial charge in [0.25, 0.3) is 12.1 Å². The first kappa shape index (κ1) is 15.2. The van der Waals surface area contributed by atoms with Crippen molar-refractivity contribution in [2.45, 2.75) is 6.54 Å². The zero-order valence-corrected chi connectivity index (χ0v) is 11.3. The number of halogens is 3. The molecule has 2 heterocycles. The maximum atomic E-state index is 5.38. The molecule has 0 aromatic carbocycles. The molecule has 0 aliphatic carbocycles. The van der Waals surface area contributed by atoms with Crippen molar-refractivity contribution in [1.29, 1.82) is 0 Å². The minimum atomic E-state index is 0. The molecule has 0 amide bonds. The molecule has 0 radical (unpaired) electrons. The number of rotatable bonds is 2. The zero-order valence-electron chi connectivity index (χ0n) is 8.04. The van der Waals surface area contributed by atoms with Gasteiger partial charge in [-0.25, -0.2) is 0 Å². The van der Waals surface area contributed by atoms with Crippen LogP contribution < -0.4 is 10.4 Å². The highest BCUT2D eigenvalue weighted by Gasteiger charge is 2.09. The number of hydrogen-bond acceptors (Lipinski definition) is 4. The van der Waals surface area contributed by atoms with Gasteiger partial charge in [0.1, 0.15) is 5.69 Å². The lowest BCUT2D eigenvalue weighted by molar-refractivity contribution is -0.755. The Labute approximate surface area is 113 Å². The van der Waals surface area contributed by atoms with Gasteiger partial charge in [0, 0.05) is 10.7 Å². The first-order valence-electron chi connectivity index (χ1n) is 3.96. The lowest BCUT2D eigenvalue weighted by Crippen LogP contribution is -2.35. The maximum absolute atomic E-state index is 5.38. The standard InChI is InChI=1S/C8H8BrN4O.2ClH/c9-6-1-2-7(11-3-6)4-13-5-8(10)14-12-13;;/h1-3,5H,4,10H2;2*1H/q+1;;. The van der Waals surface area contributed by atoms with Crippen LogP contribution in [-0.4, -0.2) is 10.3 Å². The van der Waals surface area contributed by atoms with Gasteiger partial charge in [-0.1, -0.05) is 0 Å². The molecule has 2 aromatic heterocycles. The van der Waals surface area contributed by atoms with E-state index in [9.17, 15) is 0 Å². The summed E-state index contributed by atoms with van der Waals surface area (Å²) in [5.41, 5.74) is 6.27. The van der Waals surface area contributed by atoms with Crippen LogP contribution in [0.4, 0.5) is 5.88 Å². The molecule has 0 atom stereocenters. The summed E-state index contributed by atoms with van der Waals surface area (Å²) < 4.78 is 7.25. The zero-order chi connectivity index (χ0) is 9.97. The Morgan fingerprint density at radius 2 is 2.12 bits per heavy atom. The quantitative estimate of drug-likeness (QED) is 0.850. The van der Waals surface area contributed by atoms with Crippen LogP contribution in [0.1, 0.15) is 5.69 Å². The predicted molar refractivity (Wildman–Crippen MR) is 66.6 cm³/mol. The van der Waals surface area contributed by atoms with Gasteiger partial charge in [-0.15, -0.1) is 24.8 Å². The van der Waals surface area contributed by atoms with E-state index in [4.69, 9.17) is 10.3 Å². The van der Waals surface area contributed by atoms with Crippen LogP contribution in [0, 0.1) is 0 Å². The number of anilines is 1. The SMILES string of the molecule is Cl.Cl.Nc1c[n+](Cc2ccc(Br)cn2)no1. The number of nitrogens with two attached hydrogens (primary N) is 1. The van der Waals surface area contributed by atoms with Crippen LogP contribution in [-0.2, 0) is 6.54 Å². The summed E-state index contributed by atoms with van der Waals surface area (Å²) in [6.45, 7) is 0.550. The third-order valence-electron chi connectivity index (χ3n) is 1.64. The molecular weight excluding hydrogens is 319 g/mol. The van der Waals surface area contributed by atoms with E-state index in [1.165, 1.54) is 0 Å². The van der Waals surface area contributed by atoms with Crippen molar-refractivity contribution in [3.8, 4) is 0 Å². The smallest absolute Gasteiger partial charge is 0.293 e. The molecule has 0 saturated carbocycles. The van der Waals surface area contributed by atoms with Gasteiger partial charge < -0.3 is 5.73 Å². The molecule has 0 fully saturated rings. The summed E-state index contributed by atoms with van der Waals surface area (Å²) in [7, 11) is 0. The maximum Gasteiger partial charge on any atom is 0.293 e. The summed E-state index contributed by atoms with van der Waals surface area (Å²) in [5.74, 6) is 0.294. The lowest BCUT2D eigenvalue weighted by Gasteiger charge is -1.91. The van der Waals surface area contributed by atoms with E-state index in [1.807, 2.05) is 12.1 Å². The average Bonchev–Trinajstić information content (AvgIpc) is 2.56. The fourth-order valence-electron chi connectivity index (χ4n) is 1.03. The second-order valence-electron chi connectivity index (χ2n) is 2.77. The molecule has 5 nitrogen and oxygen atoms in total. The van der Waals surface area contributed by atoms with Crippen molar-refractivity contribution in [3.05, 3.63) is 34.7 Å². The Hall–Kier alpha value is -0.850. The third-order valence-corrected chi connectivity index (χ3v) is 2.11. The second-order valence-corrected chi connectivity index (χ2v) is 3.69. The molecule has 16 heavy (non-hydrogen) atoms. The lowest BCUT2D eigenvalue weighted by atomic mass is 10.3. The van der Waals surface area contributed by atoms with Crippen molar-refractivity contribution >= 4 is 46.6 Å². The Bertz CT molecular complexity index is 434. The van der Waals surface area contributed by atoms with Crippen LogP contribution in [0.3, 0.4) is 0 Å². The summed E-state index contributed by atoms with van der Waals surface area (Å²) in [6.07, 6.45) is 3.35. The normalized spacial score (nSPS) is 9.06. The van der Waals surface area contributed by atoms with Crippen LogP contribution in [0.25, 0.3) is 0 Å². The van der Waals surface area contributed by atoms with E-state index >= 15 is 0 Å². The number of nitrogen functional groups attached to an aromatic ring is 1. The predicted octanol–water partition coefficient (Wildman–Crippen LogP) is 1.59. The molecule has 2 aromatic rings. The number of pyridine rings is 1. The fraction of sp³-hybridized carbons (Fsp3) is 0.125. The van der Waals surface area contributed by atoms with Gasteiger partial charge in [0.05, 0.1) is 0 Å². The number of aromatic nitrogens is 3. The molecule has 0 unspecified atom stereocenters. The fourth-order valence-corrected chi connectivity index (χ4v) is 1.27. The van der Waals surface area contributed by atoms with Crippen LogP contribution >= 0.6 is 40.7 Å². The van der Waals surface area contributed by atoms with Crippen molar-refractivity contribution in [2.24, 2.45) is 0 Å². The van der Waals surface area contributed by atoms with Crippen LogP contribution in [0.15, 0.2) is 33.5 Å². The third kappa shape index (κ3) is 3.96. The molecule has 2 rings (SSSR count). The highest BCUT2D eigenvalue weighted by molar-refractivity contribution is 9.10. The summed E-state index contributed by atoms with van der Waals surface area (Å²) in [4.78, 5) is 4.19. The van der Waals surface area contributed by atoms with E-state index in [-0.39, 0.29) is 24.8 Å². The first-order chi connectivity index (χ1) is 6.74. The van der Waals surface area contributed by atoms with E-state index in [0.29, 0.717) is 12.4 Å². The minimum absolute atomic E-state index is 0. The molecule has 0 aliphatic heterocycles. The van der Waals surface area contributed by atoms with E-state index in [1.54, 1.807) is 17.1 Å². The molecule has 0 spiro atoms. The monoisotopic (exact) mass is 327 g/mol. The molecule has 0 bridgehead atoms. The van der Waals surface area contributed by atoms with E-state index < -0.39 is 0 Å². The number of hydrogen-bond donors (Lipinski definition) is 1. The Balaban J connectivity index is 0.00000112. The highest BCUT2D eigenvalue weighted by atomic mass is 79.9. The van der Waals surface area contributed by atoms with E-state index in [2.05, 4.69) is 26.2 Å². The Morgan fingerprint density at radius 1 is 1.38 bits per heavy atom. The van der Waals surface area contributed by atoms with Crippen molar-refractivity contribution < 1.29 is 9.20 Å². The summed E-state index contributed by atoms with van der Waals surface area (Å²) >= 11 is 3.31. The van der Waals surface area contributed by atoms with Gasteiger partial charge >= 0.3 is 0 Å². The van der Waals surface area contributed by atoms with Crippen LogP contribution in [0.2, 0.25) is 0 Å². The van der Waals surface area contributed by atoms with Crippen LogP contribution in [0.5, 0.6) is 0 Å². The van der Waals surface area contributed by atoms with E-state index in [0.717, 1.165) is 10.2 Å². The second kappa shape index (κ2) is 6.67.